The fourth-order valence-corrected chi connectivity index (χ4v) is 3.48. The van der Waals surface area contributed by atoms with Crippen molar-refractivity contribution in [2.45, 2.75) is 32.2 Å². The Morgan fingerprint density at radius 3 is 2.61 bits per heavy atom. The highest BCUT2D eigenvalue weighted by molar-refractivity contribution is 6.08. The third-order valence-electron chi connectivity index (χ3n) is 4.87. The predicted octanol–water partition coefficient (Wildman–Crippen LogP) is 3.52. The number of hydrogen-bond acceptors (Lipinski definition) is 5. The fraction of sp³-hybridized carbons (Fsp3) is 0.364. The third kappa shape index (κ3) is 4.17. The molecule has 1 aromatic carbocycles. The molecule has 2 heterocycles. The minimum absolute atomic E-state index is 0.118. The molecule has 6 heteroatoms. The van der Waals surface area contributed by atoms with Crippen LogP contribution in [-0.4, -0.2) is 42.0 Å². The van der Waals surface area contributed by atoms with Crippen LogP contribution in [-0.2, 0) is 20.7 Å². The van der Waals surface area contributed by atoms with Crippen molar-refractivity contribution < 1.29 is 23.8 Å². The minimum Gasteiger partial charge on any atom is -0.503 e. The number of aryl methyl sites for hydroxylation is 2. The molecule has 1 aliphatic rings. The minimum atomic E-state index is -0.707. The Labute approximate surface area is 164 Å². The molecule has 6 nitrogen and oxygen atoms in total. The second kappa shape index (κ2) is 8.89. The summed E-state index contributed by atoms with van der Waals surface area (Å²) in [5.41, 5.74) is 1.15. The Morgan fingerprint density at radius 1 is 1.21 bits per heavy atom. The molecular formula is C22H25NO5. The van der Waals surface area contributed by atoms with Gasteiger partial charge in [-0.1, -0.05) is 30.3 Å². The highest BCUT2D eigenvalue weighted by atomic mass is 16.5. The van der Waals surface area contributed by atoms with Crippen molar-refractivity contribution in [1.29, 1.82) is 0 Å². The zero-order valence-corrected chi connectivity index (χ0v) is 16.2. The number of furan rings is 1. The smallest absolute Gasteiger partial charge is 0.290 e. The average Bonchev–Trinajstić information content (AvgIpc) is 3.23. The van der Waals surface area contributed by atoms with Crippen LogP contribution in [0.25, 0.3) is 0 Å². The molecule has 1 N–H and O–H groups in total. The predicted molar refractivity (Wildman–Crippen MR) is 104 cm³/mol. The molecule has 1 unspecified atom stereocenters. The number of ether oxygens (including phenoxy) is 1. The van der Waals surface area contributed by atoms with Crippen molar-refractivity contribution in [3.63, 3.8) is 0 Å². The summed E-state index contributed by atoms with van der Waals surface area (Å²) in [7, 11) is 1.59. The first-order chi connectivity index (χ1) is 13.5. The Hall–Kier alpha value is -2.86. The summed E-state index contributed by atoms with van der Waals surface area (Å²) in [6, 6.07) is 12.5. The summed E-state index contributed by atoms with van der Waals surface area (Å²) in [5.74, 6) is -0.104. The first-order valence-corrected chi connectivity index (χ1v) is 9.39. The molecule has 2 aromatic rings. The van der Waals surface area contributed by atoms with Crippen LogP contribution < -0.4 is 0 Å². The lowest BCUT2D eigenvalue weighted by Gasteiger charge is -2.24. The normalized spacial score (nSPS) is 16.9. The van der Waals surface area contributed by atoms with E-state index in [2.05, 4.69) is 0 Å². The van der Waals surface area contributed by atoms with Gasteiger partial charge in [-0.3, -0.25) is 9.59 Å². The van der Waals surface area contributed by atoms with Crippen LogP contribution in [0.2, 0.25) is 0 Å². The van der Waals surface area contributed by atoms with Crippen LogP contribution in [0, 0.1) is 6.92 Å². The molecule has 1 aromatic heterocycles. The van der Waals surface area contributed by atoms with Crippen molar-refractivity contribution in [3.8, 4) is 0 Å². The summed E-state index contributed by atoms with van der Waals surface area (Å²) < 4.78 is 10.8. The first kappa shape index (κ1) is 19.9. The van der Waals surface area contributed by atoms with Gasteiger partial charge in [-0.15, -0.1) is 0 Å². The van der Waals surface area contributed by atoms with Crippen LogP contribution in [0.4, 0.5) is 0 Å². The van der Waals surface area contributed by atoms with E-state index in [1.807, 2.05) is 30.3 Å². The molecule has 0 spiro atoms. The molecule has 28 heavy (non-hydrogen) atoms. The van der Waals surface area contributed by atoms with Crippen molar-refractivity contribution in [2.24, 2.45) is 0 Å². The van der Waals surface area contributed by atoms with Crippen molar-refractivity contribution in [3.05, 3.63) is 70.9 Å². The van der Waals surface area contributed by atoms with Gasteiger partial charge in [0.2, 0.25) is 0 Å². The van der Waals surface area contributed by atoms with E-state index in [0.29, 0.717) is 37.5 Å². The van der Waals surface area contributed by atoms with Gasteiger partial charge in [0.25, 0.3) is 5.91 Å². The van der Waals surface area contributed by atoms with E-state index in [1.165, 1.54) is 4.90 Å². The molecule has 0 saturated carbocycles. The lowest BCUT2D eigenvalue weighted by Crippen LogP contribution is -2.32. The van der Waals surface area contributed by atoms with Gasteiger partial charge < -0.3 is 19.2 Å². The van der Waals surface area contributed by atoms with E-state index in [0.717, 1.165) is 5.56 Å². The second-order valence-corrected chi connectivity index (χ2v) is 6.87. The summed E-state index contributed by atoms with van der Waals surface area (Å²) in [4.78, 5) is 27.1. The number of amides is 1. The zero-order chi connectivity index (χ0) is 20.1. The van der Waals surface area contributed by atoms with Gasteiger partial charge in [0.05, 0.1) is 5.57 Å². The average molecular weight is 383 g/mol. The summed E-state index contributed by atoms with van der Waals surface area (Å²) in [5, 5.41) is 10.5. The van der Waals surface area contributed by atoms with Gasteiger partial charge >= 0.3 is 0 Å². The van der Waals surface area contributed by atoms with E-state index < -0.39 is 17.7 Å². The number of aliphatic hydroxyl groups excluding tert-OH is 1. The van der Waals surface area contributed by atoms with Gasteiger partial charge in [-0.05, 0) is 37.5 Å². The second-order valence-electron chi connectivity index (χ2n) is 6.87. The fourth-order valence-electron chi connectivity index (χ4n) is 3.48. The van der Waals surface area contributed by atoms with Crippen LogP contribution in [0.3, 0.4) is 0 Å². The Kier molecular flexibility index (Phi) is 6.31. The summed E-state index contributed by atoms with van der Waals surface area (Å²) >= 11 is 0. The van der Waals surface area contributed by atoms with Crippen LogP contribution in [0.15, 0.2) is 58.2 Å². The summed E-state index contributed by atoms with van der Waals surface area (Å²) in [6.07, 6.45) is 1.34. The van der Waals surface area contributed by atoms with Gasteiger partial charge in [0, 0.05) is 26.7 Å². The lowest BCUT2D eigenvalue weighted by atomic mass is 9.96. The van der Waals surface area contributed by atoms with Gasteiger partial charge in [0.1, 0.15) is 17.6 Å². The van der Waals surface area contributed by atoms with Crippen LogP contribution in [0.1, 0.15) is 36.0 Å². The van der Waals surface area contributed by atoms with Gasteiger partial charge in [0.15, 0.2) is 11.5 Å². The van der Waals surface area contributed by atoms with Gasteiger partial charge in [-0.25, -0.2) is 0 Å². The number of ketones is 1. The van der Waals surface area contributed by atoms with Crippen molar-refractivity contribution in [2.75, 3.05) is 20.3 Å². The van der Waals surface area contributed by atoms with E-state index in [9.17, 15) is 14.7 Å². The van der Waals surface area contributed by atoms with E-state index in [4.69, 9.17) is 9.15 Å². The van der Waals surface area contributed by atoms with Gasteiger partial charge in [-0.2, -0.15) is 0 Å². The maximum Gasteiger partial charge on any atom is 0.290 e. The molecule has 1 atom stereocenters. The number of Topliss-reactive ketones (excluding diaryl/α,β-unsaturated/α-hetero) is 1. The van der Waals surface area contributed by atoms with E-state index >= 15 is 0 Å². The number of nitrogens with zero attached hydrogens (tertiary/aromatic N) is 1. The number of methoxy groups -OCH3 is 1. The monoisotopic (exact) mass is 383 g/mol. The van der Waals surface area contributed by atoms with Crippen LogP contribution in [0.5, 0.6) is 0 Å². The molecule has 0 aliphatic carbocycles. The number of carbonyl (C=O) groups is 2. The Morgan fingerprint density at radius 2 is 1.96 bits per heavy atom. The van der Waals surface area contributed by atoms with Crippen LogP contribution >= 0.6 is 0 Å². The lowest BCUT2D eigenvalue weighted by molar-refractivity contribution is -0.129. The first-order valence-electron chi connectivity index (χ1n) is 9.39. The molecule has 3 rings (SSSR count). The quantitative estimate of drug-likeness (QED) is 0.670. The number of benzene rings is 1. The van der Waals surface area contributed by atoms with Crippen molar-refractivity contribution in [1.82, 2.24) is 4.90 Å². The highest BCUT2D eigenvalue weighted by Gasteiger charge is 2.44. The molecule has 1 amide bonds. The largest absolute Gasteiger partial charge is 0.503 e. The molecule has 0 radical (unpaired) electrons. The molecule has 0 bridgehead atoms. The van der Waals surface area contributed by atoms with E-state index in [1.54, 1.807) is 26.2 Å². The molecule has 0 saturated heterocycles. The standard InChI is InChI=1S/C22H25NO5/c1-15-9-12-18(28-15)20-19(17(24)11-10-16-7-4-3-5-8-16)21(25)22(26)23(20)13-6-14-27-2/h3-5,7-9,12,20,25H,6,10-11,13-14H2,1-2H3. The molecular weight excluding hydrogens is 358 g/mol. The number of hydrogen-bond donors (Lipinski definition) is 1. The number of carbonyl (C=O) groups excluding carboxylic acids is 2. The molecule has 148 valence electrons. The topological polar surface area (TPSA) is 80.0 Å². The molecule has 1 aliphatic heterocycles. The maximum atomic E-state index is 13.0. The number of rotatable bonds is 9. The Bertz CT molecular complexity index is 868. The van der Waals surface area contributed by atoms with E-state index in [-0.39, 0.29) is 17.8 Å². The SMILES string of the molecule is COCCCN1C(=O)C(O)=C(C(=O)CCc2ccccc2)C1c1ccc(C)o1. The molecule has 0 fully saturated rings. The maximum absolute atomic E-state index is 13.0. The number of aliphatic hydroxyl groups is 1. The third-order valence-corrected chi connectivity index (χ3v) is 4.87. The zero-order valence-electron chi connectivity index (χ0n) is 16.2. The summed E-state index contributed by atoms with van der Waals surface area (Å²) in [6.45, 7) is 2.64. The Balaban J connectivity index is 1.85. The van der Waals surface area contributed by atoms with Crippen molar-refractivity contribution >= 4 is 11.7 Å². The highest BCUT2D eigenvalue weighted by Crippen LogP contribution is 2.39.